The fourth-order valence-electron chi connectivity index (χ4n) is 1.30. The van der Waals surface area contributed by atoms with Crippen LogP contribution < -0.4 is 5.32 Å². The lowest BCUT2D eigenvalue weighted by molar-refractivity contribution is -0.114. The van der Waals surface area contributed by atoms with Crippen molar-refractivity contribution in [1.29, 1.82) is 0 Å². The molecule has 1 N–H and O–H groups in total. The van der Waals surface area contributed by atoms with E-state index in [0.29, 0.717) is 10.6 Å². The van der Waals surface area contributed by atoms with Gasteiger partial charge in [-0.2, -0.15) is 0 Å². The SMILES string of the molecule is CCC(C)N=S(=O)(Cl)c1cccc(NC(C)=O)c1. The van der Waals surface area contributed by atoms with Crippen LogP contribution in [0.1, 0.15) is 27.2 Å². The van der Waals surface area contributed by atoms with E-state index in [1.54, 1.807) is 24.3 Å². The third-order valence-corrected chi connectivity index (χ3v) is 4.59. The Labute approximate surface area is 112 Å². The van der Waals surface area contributed by atoms with Gasteiger partial charge >= 0.3 is 0 Å². The van der Waals surface area contributed by atoms with Gasteiger partial charge in [0.05, 0.1) is 10.9 Å². The van der Waals surface area contributed by atoms with Crippen LogP contribution in [0.15, 0.2) is 33.5 Å². The largest absolute Gasteiger partial charge is 0.326 e. The van der Waals surface area contributed by atoms with Crippen LogP contribution in [-0.4, -0.2) is 16.2 Å². The lowest BCUT2D eigenvalue weighted by Crippen LogP contribution is -2.06. The van der Waals surface area contributed by atoms with E-state index in [1.807, 2.05) is 13.8 Å². The second kappa shape index (κ2) is 6.20. The third kappa shape index (κ3) is 4.31. The van der Waals surface area contributed by atoms with Gasteiger partial charge in [0, 0.05) is 23.3 Å². The molecule has 0 fully saturated rings. The summed E-state index contributed by atoms with van der Waals surface area (Å²) in [4.78, 5) is 11.4. The summed E-state index contributed by atoms with van der Waals surface area (Å²) in [5, 5.41) is 2.62. The van der Waals surface area contributed by atoms with Crippen LogP contribution in [0.5, 0.6) is 0 Å². The highest BCUT2D eigenvalue weighted by Crippen LogP contribution is 2.23. The topological polar surface area (TPSA) is 58.5 Å². The number of hydrogen-bond donors (Lipinski definition) is 1. The molecule has 2 unspecified atom stereocenters. The Morgan fingerprint density at radius 2 is 2.22 bits per heavy atom. The summed E-state index contributed by atoms with van der Waals surface area (Å²) in [6, 6.07) is 6.56. The fourth-order valence-corrected chi connectivity index (χ4v) is 3.25. The molecule has 4 nitrogen and oxygen atoms in total. The van der Waals surface area contributed by atoms with Gasteiger partial charge in [-0.15, -0.1) is 0 Å². The van der Waals surface area contributed by atoms with Gasteiger partial charge in [0.1, 0.15) is 0 Å². The van der Waals surface area contributed by atoms with Crippen molar-refractivity contribution in [3.63, 3.8) is 0 Å². The molecule has 0 aromatic heterocycles. The summed E-state index contributed by atoms with van der Waals surface area (Å²) in [6.45, 7) is 5.22. The zero-order chi connectivity index (χ0) is 13.8. The van der Waals surface area contributed by atoms with Crippen molar-refractivity contribution >= 4 is 31.2 Å². The second-order valence-electron chi connectivity index (χ2n) is 4.03. The maximum atomic E-state index is 12.3. The maximum absolute atomic E-state index is 12.3. The van der Waals surface area contributed by atoms with Crippen LogP contribution in [0.4, 0.5) is 5.69 Å². The molecule has 2 atom stereocenters. The Bertz CT molecular complexity index is 551. The fraction of sp³-hybridized carbons (Fsp3) is 0.417. The van der Waals surface area contributed by atoms with Crippen molar-refractivity contribution in [3.05, 3.63) is 24.3 Å². The minimum Gasteiger partial charge on any atom is -0.326 e. The molecule has 0 aliphatic heterocycles. The third-order valence-electron chi connectivity index (χ3n) is 2.35. The van der Waals surface area contributed by atoms with E-state index in [2.05, 4.69) is 9.68 Å². The van der Waals surface area contributed by atoms with Gasteiger partial charge in [-0.25, -0.2) is 8.57 Å². The first-order valence-electron chi connectivity index (χ1n) is 5.68. The number of halogens is 1. The number of nitrogens with zero attached hydrogens (tertiary/aromatic N) is 1. The molecule has 0 saturated heterocycles. The zero-order valence-corrected chi connectivity index (χ0v) is 12.2. The Kier molecular flexibility index (Phi) is 5.16. The summed E-state index contributed by atoms with van der Waals surface area (Å²) in [5.41, 5.74) is 0.563. The summed E-state index contributed by atoms with van der Waals surface area (Å²) >= 11 is 0. The van der Waals surface area contributed by atoms with Gasteiger partial charge in [-0.3, -0.25) is 4.79 Å². The van der Waals surface area contributed by atoms with Crippen molar-refractivity contribution in [2.45, 2.75) is 38.1 Å². The van der Waals surface area contributed by atoms with E-state index in [9.17, 15) is 9.00 Å². The molecule has 0 aliphatic carbocycles. The molecule has 18 heavy (non-hydrogen) atoms. The van der Waals surface area contributed by atoms with E-state index in [1.165, 1.54) is 6.92 Å². The number of nitrogens with one attached hydrogen (secondary N) is 1. The average molecular weight is 289 g/mol. The molecule has 6 heteroatoms. The Morgan fingerprint density at radius 3 is 2.78 bits per heavy atom. The molecule has 0 aliphatic rings. The molecule has 0 radical (unpaired) electrons. The van der Waals surface area contributed by atoms with Crippen LogP contribution in [0.2, 0.25) is 0 Å². The standard InChI is InChI=1S/C12H17ClN2O2S/c1-4-9(2)15-18(13,17)12-7-5-6-11(8-12)14-10(3)16/h5-9H,4H2,1-3H3,(H,14,16). The molecule has 1 aromatic carbocycles. The first-order chi connectivity index (χ1) is 8.35. The molecule has 1 aromatic rings. The molecule has 0 bridgehead atoms. The Hall–Kier alpha value is -1.07. The van der Waals surface area contributed by atoms with E-state index in [4.69, 9.17) is 10.7 Å². The smallest absolute Gasteiger partial charge is 0.221 e. The molecule has 1 rings (SSSR count). The number of amides is 1. The first kappa shape index (κ1) is 15.0. The van der Waals surface area contributed by atoms with Gasteiger partial charge in [-0.05, 0) is 31.5 Å². The zero-order valence-electron chi connectivity index (χ0n) is 10.6. The van der Waals surface area contributed by atoms with Crippen molar-refractivity contribution in [3.8, 4) is 0 Å². The van der Waals surface area contributed by atoms with Crippen LogP contribution in [0.3, 0.4) is 0 Å². The van der Waals surface area contributed by atoms with Gasteiger partial charge < -0.3 is 5.32 Å². The highest BCUT2D eigenvalue weighted by molar-refractivity contribution is 8.15. The first-order valence-corrected chi connectivity index (χ1v) is 8.03. The molecule has 0 heterocycles. The minimum absolute atomic E-state index is 0.0700. The maximum Gasteiger partial charge on any atom is 0.221 e. The predicted molar refractivity (Wildman–Crippen MR) is 75.2 cm³/mol. The van der Waals surface area contributed by atoms with Crippen molar-refractivity contribution in [1.82, 2.24) is 0 Å². The van der Waals surface area contributed by atoms with Gasteiger partial charge in [0.25, 0.3) is 0 Å². The predicted octanol–water partition coefficient (Wildman–Crippen LogP) is 3.42. The summed E-state index contributed by atoms with van der Waals surface area (Å²) < 4.78 is 16.4. The van der Waals surface area contributed by atoms with Crippen molar-refractivity contribution < 1.29 is 9.00 Å². The van der Waals surface area contributed by atoms with E-state index < -0.39 is 8.94 Å². The van der Waals surface area contributed by atoms with Crippen LogP contribution in [-0.2, 0) is 13.7 Å². The molecular weight excluding hydrogens is 272 g/mol. The number of carbonyl (C=O) groups excluding carboxylic acids is 1. The summed E-state index contributed by atoms with van der Waals surface area (Å²) in [6.07, 6.45) is 0.773. The highest BCUT2D eigenvalue weighted by Gasteiger charge is 2.11. The van der Waals surface area contributed by atoms with Crippen LogP contribution in [0, 0.1) is 0 Å². The molecule has 0 saturated carbocycles. The summed E-state index contributed by atoms with van der Waals surface area (Å²) in [7, 11) is 3.06. The molecule has 0 spiro atoms. The van der Waals surface area contributed by atoms with Gasteiger partial charge in [0.2, 0.25) is 5.91 Å². The lowest BCUT2D eigenvalue weighted by Gasteiger charge is -2.08. The van der Waals surface area contributed by atoms with E-state index in [0.717, 1.165) is 6.42 Å². The number of rotatable bonds is 4. The monoisotopic (exact) mass is 288 g/mol. The minimum atomic E-state index is -2.93. The van der Waals surface area contributed by atoms with Gasteiger partial charge in [-0.1, -0.05) is 13.0 Å². The number of carbonyl (C=O) groups is 1. The Balaban J connectivity index is 3.13. The van der Waals surface area contributed by atoms with E-state index >= 15 is 0 Å². The second-order valence-corrected chi connectivity index (χ2v) is 6.88. The van der Waals surface area contributed by atoms with E-state index in [-0.39, 0.29) is 11.9 Å². The molecular formula is C12H17ClN2O2S. The van der Waals surface area contributed by atoms with Crippen LogP contribution in [0.25, 0.3) is 0 Å². The lowest BCUT2D eigenvalue weighted by atomic mass is 10.3. The quantitative estimate of drug-likeness (QED) is 0.863. The number of hydrogen-bond acceptors (Lipinski definition) is 3. The van der Waals surface area contributed by atoms with Crippen molar-refractivity contribution in [2.24, 2.45) is 4.36 Å². The number of anilines is 1. The summed E-state index contributed by atoms with van der Waals surface area (Å²) in [5.74, 6) is -0.188. The average Bonchev–Trinajstić information content (AvgIpc) is 2.27. The van der Waals surface area contributed by atoms with Gasteiger partial charge in [0.15, 0.2) is 8.94 Å². The molecule has 100 valence electrons. The number of benzene rings is 1. The highest BCUT2D eigenvalue weighted by atomic mass is 35.7. The van der Waals surface area contributed by atoms with Crippen LogP contribution >= 0.6 is 10.7 Å². The molecule has 1 amide bonds. The normalized spacial score (nSPS) is 15.6. The Morgan fingerprint density at radius 1 is 1.56 bits per heavy atom. The van der Waals surface area contributed by atoms with Crippen molar-refractivity contribution in [2.75, 3.05) is 5.32 Å².